The van der Waals surface area contributed by atoms with Crippen molar-refractivity contribution >= 4 is 5.91 Å². The molecule has 1 unspecified atom stereocenters. The monoisotopic (exact) mass is 354 g/mol. The van der Waals surface area contributed by atoms with Crippen LogP contribution in [0.4, 0.5) is 0 Å². The van der Waals surface area contributed by atoms with Crippen molar-refractivity contribution in [3.8, 4) is 11.5 Å². The summed E-state index contributed by atoms with van der Waals surface area (Å²) in [5, 5.41) is 6.30. The van der Waals surface area contributed by atoms with Gasteiger partial charge in [-0.05, 0) is 42.5 Å². The van der Waals surface area contributed by atoms with E-state index in [2.05, 4.69) is 10.6 Å². The van der Waals surface area contributed by atoms with Crippen LogP contribution in [-0.2, 0) is 17.9 Å². The maximum absolute atomic E-state index is 12.0. The van der Waals surface area contributed by atoms with Gasteiger partial charge in [0.25, 0.3) is 0 Å². The molecule has 26 heavy (non-hydrogen) atoms. The van der Waals surface area contributed by atoms with E-state index in [4.69, 9.17) is 9.47 Å². The maximum atomic E-state index is 12.0. The second-order valence-electron chi connectivity index (χ2n) is 6.48. The summed E-state index contributed by atoms with van der Waals surface area (Å²) in [5.74, 6) is 1.51. The molecule has 2 aromatic rings. The van der Waals surface area contributed by atoms with Crippen molar-refractivity contribution in [2.24, 2.45) is 0 Å². The van der Waals surface area contributed by atoms with Crippen LogP contribution in [0, 0.1) is 0 Å². The van der Waals surface area contributed by atoms with Crippen LogP contribution < -0.4 is 20.1 Å². The average Bonchev–Trinajstić information content (AvgIpc) is 2.89. The average molecular weight is 354 g/mol. The molecule has 5 heteroatoms. The molecular weight excluding hydrogens is 328 g/mol. The van der Waals surface area contributed by atoms with E-state index in [0.717, 1.165) is 36.9 Å². The molecule has 5 nitrogen and oxygen atoms in total. The fourth-order valence-electron chi connectivity index (χ4n) is 3.05. The van der Waals surface area contributed by atoms with Gasteiger partial charge in [0.05, 0.1) is 13.2 Å². The molecule has 1 fully saturated rings. The minimum absolute atomic E-state index is 0.0947. The summed E-state index contributed by atoms with van der Waals surface area (Å²) >= 11 is 0. The predicted molar refractivity (Wildman–Crippen MR) is 101 cm³/mol. The number of ether oxygens (including phenoxy) is 2. The van der Waals surface area contributed by atoms with E-state index in [-0.39, 0.29) is 11.9 Å². The summed E-state index contributed by atoms with van der Waals surface area (Å²) in [5.41, 5.74) is 2.17. The largest absolute Gasteiger partial charge is 0.493 e. The van der Waals surface area contributed by atoms with E-state index in [0.29, 0.717) is 24.7 Å². The van der Waals surface area contributed by atoms with Gasteiger partial charge >= 0.3 is 0 Å². The van der Waals surface area contributed by atoms with Crippen LogP contribution in [0.25, 0.3) is 0 Å². The summed E-state index contributed by atoms with van der Waals surface area (Å²) in [6.45, 7) is 1.89. The van der Waals surface area contributed by atoms with Gasteiger partial charge in [-0.3, -0.25) is 4.79 Å². The molecule has 0 aliphatic carbocycles. The minimum Gasteiger partial charge on any atom is -0.493 e. The van der Waals surface area contributed by atoms with Gasteiger partial charge in [-0.15, -0.1) is 0 Å². The van der Waals surface area contributed by atoms with Gasteiger partial charge in [0, 0.05) is 13.1 Å². The quantitative estimate of drug-likeness (QED) is 0.802. The van der Waals surface area contributed by atoms with Crippen LogP contribution >= 0.6 is 0 Å². The lowest BCUT2D eigenvalue weighted by Crippen LogP contribution is -2.42. The van der Waals surface area contributed by atoms with Crippen molar-refractivity contribution in [3.05, 3.63) is 59.7 Å². The number of amides is 1. The van der Waals surface area contributed by atoms with Crippen LogP contribution in [0.15, 0.2) is 48.5 Å². The van der Waals surface area contributed by atoms with Gasteiger partial charge in [0.15, 0.2) is 11.5 Å². The number of methoxy groups -OCH3 is 1. The zero-order valence-electron chi connectivity index (χ0n) is 15.2. The summed E-state index contributed by atoms with van der Waals surface area (Å²) in [6, 6.07) is 15.8. The molecule has 3 rings (SSSR count). The van der Waals surface area contributed by atoms with Crippen LogP contribution in [0.5, 0.6) is 11.5 Å². The fraction of sp³-hybridized carbons (Fsp3) is 0.381. The molecule has 0 aromatic heterocycles. The highest BCUT2D eigenvalue weighted by atomic mass is 16.5. The number of carbonyl (C=O) groups excluding carboxylic acids is 1. The molecule has 0 radical (unpaired) electrons. The van der Waals surface area contributed by atoms with Crippen LogP contribution in [0.2, 0.25) is 0 Å². The molecule has 0 spiro atoms. The first-order valence-corrected chi connectivity index (χ1v) is 9.11. The number of rotatable bonds is 7. The lowest BCUT2D eigenvalue weighted by atomic mass is 10.1. The Morgan fingerprint density at radius 2 is 1.92 bits per heavy atom. The summed E-state index contributed by atoms with van der Waals surface area (Å²) in [7, 11) is 1.64. The topological polar surface area (TPSA) is 59.6 Å². The Kier molecular flexibility index (Phi) is 6.50. The Bertz CT molecular complexity index is 718. The predicted octanol–water partition coefficient (Wildman–Crippen LogP) is 3.03. The fourth-order valence-corrected chi connectivity index (χ4v) is 3.05. The molecule has 1 aliphatic rings. The highest BCUT2D eigenvalue weighted by Crippen LogP contribution is 2.29. The summed E-state index contributed by atoms with van der Waals surface area (Å²) < 4.78 is 11.4. The third-order valence-electron chi connectivity index (χ3n) is 4.55. The molecule has 1 saturated heterocycles. The number of benzene rings is 2. The minimum atomic E-state index is -0.127. The van der Waals surface area contributed by atoms with E-state index in [1.54, 1.807) is 7.11 Å². The first kappa shape index (κ1) is 18.3. The second kappa shape index (κ2) is 9.25. The number of hydrogen-bond acceptors (Lipinski definition) is 4. The molecule has 1 heterocycles. The molecule has 1 aliphatic heterocycles. The van der Waals surface area contributed by atoms with E-state index in [9.17, 15) is 4.79 Å². The standard InChI is InChI=1S/C21H26N2O3/c1-25-20-13-17(14-23-18-9-5-6-12-22-21(18)24)10-11-19(20)26-15-16-7-3-2-4-8-16/h2-4,7-8,10-11,13,18,23H,5-6,9,12,14-15H2,1H3,(H,22,24). The summed E-state index contributed by atoms with van der Waals surface area (Å²) in [6.07, 6.45) is 2.98. The lowest BCUT2D eigenvalue weighted by molar-refractivity contribution is -0.122. The first-order chi connectivity index (χ1) is 12.8. The third-order valence-corrected chi connectivity index (χ3v) is 4.55. The van der Waals surface area contributed by atoms with Crippen LogP contribution in [0.3, 0.4) is 0 Å². The van der Waals surface area contributed by atoms with E-state index in [1.807, 2.05) is 48.5 Å². The van der Waals surface area contributed by atoms with Gasteiger partial charge in [-0.1, -0.05) is 36.4 Å². The third kappa shape index (κ3) is 4.99. The van der Waals surface area contributed by atoms with Crippen molar-refractivity contribution < 1.29 is 14.3 Å². The van der Waals surface area contributed by atoms with Crippen LogP contribution in [0.1, 0.15) is 30.4 Å². The van der Waals surface area contributed by atoms with Gasteiger partial charge in [-0.25, -0.2) is 0 Å². The Morgan fingerprint density at radius 3 is 2.73 bits per heavy atom. The Hall–Kier alpha value is -2.53. The number of hydrogen-bond donors (Lipinski definition) is 2. The van der Waals surface area contributed by atoms with Gasteiger partial charge in [-0.2, -0.15) is 0 Å². The number of nitrogens with one attached hydrogen (secondary N) is 2. The Balaban J connectivity index is 1.59. The normalized spacial score (nSPS) is 17.3. The highest BCUT2D eigenvalue weighted by Gasteiger charge is 2.19. The zero-order chi connectivity index (χ0) is 18.2. The summed E-state index contributed by atoms with van der Waals surface area (Å²) in [4.78, 5) is 12.0. The SMILES string of the molecule is COc1cc(CNC2CCCCNC2=O)ccc1OCc1ccccc1. The molecule has 2 aromatic carbocycles. The van der Waals surface area contributed by atoms with Gasteiger partial charge < -0.3 is 20.1 Å². The molecule has 0 bridgehead atoms. The second-order valence-corrected chi connectivity index (χ2v) is 6.48. The van der Waals surface area contributed by atoms with E-state index >= 15 is 0 Å². The van der Waals surface area contributed by atoms with Gasteiger partial charge in [0.1, 0.15) is 6.61 Å². The van der Waals surface area contributed by atoms with Crippen molar-refractivity contribution in [2.45, 2.75) is 38.5 Å². The molecular formula is C21H26N2O3. The van der Waals surface area contributed by atoms with Crippen molar-refractivity contribution in [2.75, 3.05) is 13.7 Å². The smallest absolute Gasteiger partial charge is 0.237 e. The van der Waals surface area contributed by atoms with E-state index < -0.39 is 0 Å². The van der Waals surface area contributed by atoms with Crippen molar-refractivity contribution in [1.82, 2.24) is 10.6 Å². The Morgan fingerprint density at radius 1 is 1.08 bits per heavy atom. The highest BCUT2D eigenvalue weighted by molar-refractivity contribution is 5.81. The first-order valence-electron chi connectivity index (χ1n) is 9.11. The Labute approximate surface area is 154 Å². The molecule has 1 atom stereocenters. The maximum Gasteiger partial charge on any atom is 0.237 e. The number of carbonyl (C=O) groups is 1. The van der Waals surface area contributed by atoms with Crippen molar-refractivity contribution in [1.29, 1.82) is 0 Å². The molecule has 1 amide bonds. The van der Waals surface area contributed by atoms with Gasteiger partial charge in [0.2, 0.25) is 5.91 Å². The molecule has 0 saturated carbocycles. The van der Waals surface area contributed by atoms with E-state index in [1.165, 1.54) is 0 Å². The van der Waals surface area contributed by atoms with Crippen molar-refractivity contribution in [3.63, 3.8) is 0 Å². The zero-order valence-corrected chi connectivity index (χ0v) is 15.2. The van der Waals surface area contributed by atoms with Crippen LogP contribution in [-0.4, -0.2) is 25.6 Å². The lowest BCUT2D eigenvalue weighted by Gasteiger charge is -2.16. The molecule has 2 N–H and O–H groups in total. The molecule has 138 valence electrons.